The van der Waals surface area contributed by atoms with Gasteiger partial charge in [0.2, 0.25) is 0 Å². The van der Waals surface area contributed by atoms with E-state index in [4.69, 9.17) is 0 Å². The first-order valence-corrected chi connectivity index (χ1v) is 17.1. The van der Waals surface area contributed by atoms with Crippen LogP contribution in [0.15, 0.2) is 158 Å². The summed E-state index contributed by atoms with van der Waals surface area (Å²) in [6.45, 7) is 7.81. The van der Waals surface area contributed by atoms with Crippen molar-refractivity contribution in [2.75, 3.05) is 11.4 Å². The van der Waals surface area contributed by atoms with Crippen LogP contribution in [0.3, 0.4) is 0 Å². The highest BCUT2D eigenvalue weighted by atomic mass is 15.2. The van der Waals surface area contributed by atoms with Gasteiger partial charge in [0.1, 0.15) is 5.82 Å². The minimum atomic E-state index is -0.0600. The molecule has 0 fully saturated rings. The molecule has 0 amide bonds. The second kappa shape index (κ2) is 11.0. The van der Waals surface area contributed by atoms with Crippen molar-refractivity contribution in [3.05, 3.63) is 169 Å². The molecule has 48 heavy (non-hydrogen) atoms. The van der Waals surface area contributed by atoms with E-state index in [1.54, 1.807) is 0 Å². The van der Waals surface area contributed by atoms with Crippen molar-refractivity contribution < 1.29 is 0 Å². The maximum atomic E-state index is 3.63. The molecule has 1 aromatic heterocycles. The smallest absolute Gasteiger partial charge is 0.111 e. The van der Waals surface area contributed by atoms with Gasteiger partial charge in [-0.05, 0) is 87.8 Å². The van der Waals surface area contributed by atoms with Crippen LogP contribution in [-0.4, -0.2) is 11.1 Å². The van der Waals surface area contributed by atoms with Gasteiger partial charge in [0, 0.05) is 45.1 Å². The Labute approximate surface area is 282 Å². The number of nitrogens with zero attached hydrogens (tertiary/aromatic N) is 2. The molecule has 3 heteroatoms. The zero-order valence-electron chi connectivity index (χ0n) is 27.7. The molecule has 5 aromatic carbocycles. The van der Waals surface area contributed by atoms with E-state index in [1.165, 1.54) is 55.2 Å². The summed E-state index contributed by atoms with van der Waals surface area (Å²) in [5, 5.41) is 6.23. The van der Waals surface area contributed by atoms with Crippen LogP contribution in [0.25, 0.3) is 44.1 Å². The number of rotatable bonds is 5. The van der Waals surface area contributed by atoms with Crippen molar-refractivity contribution in [3.8, 4) is 22.3 Å². The predicted molar refractivity (Wildman–Crippen MR) is 203 cm³/mol. The van der Waals surface area contributed by atoms with Crippen LogP contribution < -0.4 is 10.2 Å². The maximum Gasteiger partial charge on any atom is 0.111 e. The highest BCUT2D eigenvalue weighted by Crippen LogP contribution is 2.50. The van der Waals surface area contributed by atoms with E-state index in [-0.39, 0.29) is 5.41 Å². The summed E-state index contributed by atoms with van der Waals surface area (Å²) in [6, 6.07) is 41.0. The van der Waals surface area contributed by atoms with Crippen molar-refractivity contribution in [1.82, 2.24) is 9.88 Å². The Morgan fingerprint density at radius 2 is 1.40 bits per heavy atom. The molecule has 2 aliphatic carbocycles. The van der Waals surface area contributed by atoms with Crippen LogP contribution in [-0.2, 0) is 5.41 Å². The number of para-hydroxylation sites is 1. The Morgan fingerprint density at radius 1 is 0.667 bits per heavy atom. The molecule has 2 atom stereocenters. The van der Waals surface area contributed by atoms with Crippen LogP contribution in [0.5, 0.6) is 0 Å². The number of hydrogen-bond acceptors (Lipinski definition) is 2. The lowest BCUT2D eigenvalue weighted by Crippen LogP contribution is -2.30. The van der Waals surface area contributed by atoms with Crippen molar-refractivity contribution in [2.45, 2.75) is 32.2 Å². The summed E-state index contributed by atoms with van der Waals surface area (Å²) in [5.74, 6) is 1.51. The summed E-state index contributed by atoms with van der Waals surface area (Å²) in [7, 11) is 0. The monoisotopic (exact) mass is 621 g/mol. The predicted octanol–water partition coefficient (Wildman–Crippen LogP) is 11.2. The van der Waals surface area contributed by atoms with Crippen molar-refractivity contribution in [1.29, 1.82) is 0 Å². The number of dihydropyridines is 1. The van der Waals surface area contributed by atoms with Crippen LogP contribution >= 0.6 is 0 Å². The number of aromatic nitrogens is 1. The molecule has 2 heterocycles. The largest absolute Gasteiger partial charge is 0.368 e. The van der Waals surface area contributed by atoms with E-state index in [2.05, 4.69) is 187 Å². The second-order valence-corrected chi connectivity index (χ2v) is 13.9. The van der Waals surface area contributed by atoms with Gasteiger partial charge in [0.05, 0.1) is 6.04 Å². The third-order valence-electron chi connectivity index (χ3n) is 10.7. The lowest BCUT2D eigenvalue weighted by Gasteiger charge is -2.31. The number of allylic oxidation sites excluding steroid dienone is 6. The van der Waals surface area contributed by atoms with E-state index in [0.29, 0.717) is 12.0 Å². The van der Waals surface area contributed by atoms with Crippen molar-refractivity contribution >= 4 is 33.2 Å². The molecule has 0 radical (unpaired) electrons. The molecule has 234 valence electrons. The highest BCUT2D eigenvalue weighted by Gasteiger charge is 2.36. The van der Waals surface area contributed by atoms with Crippen molar-refractivity contribution in [2.24, 2.45) is 5.92 Å². The topological polar surface area (TPSA) is 20.2 Å². The van der Waals surface area contributed by atoms with Crippen LogP contribution in [0, 0.1) is 5.92 Å². The minimum absolute atomic E-state index is 0.0600. The van der Waals surface area contributed by atoms with Gasteiger partial charge in [0.15, 0.2) is 0 Å². The van der Waals surface area contributed by atoms with Crippen molar-refractivity contribution in [3.63, 3.8) is 0 Å². The maximum absolute atomic E-state index is 3.63. The Morgan fingerprint density at radius 3 is 2.23 bits per heavy atom. The standard InChI is InChI=1S/C45H39N3/c1-30-12-4-8-16-41(30)48-42-17-9-6-14-37(42)38-28-32(21-26-43(38)48)31-19-22-33(23-20-31)47(44-18-10-11-27-46-44)34-24-25-36-35-13-5-7-15-39(35)45(2,3)40(36)29-34/h4-26,28-30,41,46H,27H2,1-3H3. The zero-order valence-corrected chi connectivity index (χ0v) is 27.7. The molecular formula is C45H39N3. The van der Waals surface area contributed by atoms with Crippen LogP contribution in [0.4, 0.5) is 11.4 Å². The molecule has 0 spiro atoms. The molecule has 6 aromatic rings. The molecule has 9 rings (SSSR count). The van der Waals surface area contributed by atoms with Gasteiger partial charge in [-0.3, -0.25) is 4.90 Å². The third kappa shape index (κ3) is 4.41. The molecule has 0 saturated carbocycles. The lowest BCUT2D eigenvalue weighted by atomic mass is 9.82. The first-order valence-electron chi connectivity index (χ1n) is 17.1. The quantitative estimate of drug-likeness (QED) is 0.207. The van der Waals surface area contributed by atoms with Gasteiger partial charge in [-0.2, -0.15) is 0 Å². The number of benzene rings is 5. The SMILES string of the molecule is CC1C=CC=CC1n1c2ccccc2c2cc(-c3ccc(N(C4=CC=CCN4)c4ccc5c(c4)C(C)(C)c4ccccc4-5)cc3)ccc21. The number of anilines is 2. The van der Waals surface area contributed by atoms with E-state index < -0.39 is 0 Å². The van der Waals surface area contributed by atoms with Gasteiger partial charge >= 0.3 is 0 Å². The average Bonchev–Trinajstić information content (AvgIpc) is 3.57. The number of fused-ring (bicyclic) bond motifs is 6. The Bertz CT molecular complexity index is 2340. The molecule has 1 aliphatic heterocycles. The van der Waals surface area contributed by atoms with Gasteiger partial charge in [-0.1, -0.05) is 124 Å². The minimum Gasteiger partial charge on any atom is -0.368 e. The normalized spacial score (nSPS) is 18.9. The fraction of sp³-hybridized carbons (Fsp3) is 0.156. The van der Waals surface area contributed by atoms with Gasteiger partial charge in [-0.25, -0.2) is 0 Å². The average molecular weight is 622 g/mol. The molecule has 3 aliphatic rings. The first-order chi connectivity index (χ1) is 23.5. The molecule has 0 saturated heterocycles. The Hall–Kier alpha value is -5.54. The summed E-state index contributed by atoms with van der Waals surface area (Å²) in [6.07, 6.45) is 15.5. The summed E-state index contributed by atoms with van der Waals surface area (Å²) < 4.78 is 2.52. The van der Waals surface area contributed by atoms with Gasteiger partial charge in [-0.15, -0.1) is 0 Å². The zero-order chi connectivity index (χ0) is 32.4. The van der Waals surface area contributed by atoms with E-state index >= 15 is 0 Å². The Balaban J connectivity index is 1.11. The fourth-order valence-electron chi connectivity index (χ4n) is 8.20. The summed E-state index contributed by atoms with van der Waals surface area (Å²) in [5.41, 5.74) is 12.7. The fourth-order valence-corrected chi connectivity index (χ4v) is 8.20. The van der Waals surface area contributed by atoms with Gasteiger partial charge < -0.3 is 9.88 Å². The molecule has 3 nitrogen and oxygen atoms in total. The highest BCUT2D eigenvalue weighted by molar-refractivity contribution is 6.09. The molecule has 1 N–H and O–H groups in total. The van der Waals surface area contributed by atoms with E-state index in [0.717, 1.165) is 23.7 Å². The summed E-state index contributed by atoms with van der Waals surface area (Å²) in [4.78, 5) is 2.36. The molecule has 2 unspecified atom stereocenters. The number of nitrogens with one attached hydrogen (secondary N) is 1. The first kappa shape index (κ1) is 28.7. The summed E-state index contributed by atoms with van der Waals surface area (Å²) >= 11 is 0. The second-order valence-electron chi connectivity index (χ2n) is 13.9. The molecule has 0 bridgehead atoms. The van der Waals surface area contributed by atoms with Gasteiger partial charge in [0.25, 0.3) is 0 Å². The lowest BCUT2D eigenvalue weighted by molar-refractivity contribution is 0.510. The van der Waals surface area contributed by atoms with Crippen LogP contribution in [0.1, 0.15) is 37.9 Å². The van der Waals surface area contributed by atoms with Crippen LogP contribution in [0.2, 0.25) is 0 Å². The Kier molecular flexibility index (Phi) is 6.58. The van der Waals surface area contributed by atoms with E-state index in [1.807, 2.05) is 0 Å². The molecular weight excluding hydrogens is 583 g/mol. The number of hydrogen-bond donors (Lipinski definition) is 1. The van der Waals surface area contributed by atoms with E-state index in [9.17, 15) is 0 Å². The third-order valence-corrected chi connectivity index (χ3v) is 10.7.